The van der Waals surface area contributed by atoms with E-state index in [-0.39, 0.29) is 0 Å². The highest BCUT2D eigenvalue weighted by molar-refractivity contribution is 5.27. The van der Waals surface area contributed by atoms with Crippen molar-refractivity contribution in [3.63, 3.8) is 0 Å². The summed E-state index contributed by atoms with van der Waals surface area (Å²) in [6.45, 7) is 6.90. The molecule has 3 heteroatoms. The number of hydrogen-bond donors (Lipinski definition) is 1. The topological polar surface area (TPSA) is 24.5 Å². The Morgan fingerprint density at radius 3 is 2.50 bits per heavy atom. The molecule has 0 spiro atoms. The molecule has 1 N–H and O–H groups in total. The highest BCUT2D eigenvalue weighted by Crippen LogP contribution is 2.11. The summed E-state index contributed by atoms with van der Waals surface area (Å²) in [5, 5.41) is 3.58. The summed E-state index contributed by atoms with van der Waals surface area (Å²) in [6.07, 6.45) is 2.73. The fraction of sp³-hybridized carbons (Fsp3) is 0.600. The summed E-state index contributed by atoms with van der Waals surface area (Å²) in [5.41, 5.74) is 1.31. The number of methoxy groups -OCH3 is 1. The summed E-state index contributed by atoms with van der Waals surface area (Å²) in [4.78, 5) is 2.55. The molecule has 0 bridgehead atoms. The van der Waals surface area contributed by atoms with Crippen molar-refractivity contribution in [1.29, 1.82) is 0 Å². The summed E-state index contributed by atoms with van der Waals surface area (Å²) in [6, 6.07) is 8.82. The average molecular weight is 248 g/mol. The molecule has 1 heterocycles. The van der Waals surface area contributed by atoms with Crippen LogP contribution in [0.15, 0.2) is 24.3 Å². The molecule has 1 fully saturated rings. The fourth-order valence-corrected chi connectivity index (χ4v) is 2.45. The summed E-state index contributed by atoms with van der Waals surface area (Å²) in [7, 11) is 1.70. The minimum atomic E-state index is 0.546. The van der Waals surface area contributed by atoms with Gasteiger partial charge in [-0.25, -0.2) is 0 Å². The number of nitrogens with zero attached hydrogens (tertiary/aromatic N) is 1. The van der Waals surface area contributed by atoms with Gasteiger partial charge in [0, 0.05) is 19.1 Å². The number of nitrogens with one attached hydrogen (secondary N) is 1. The Balaban J connectivity index is 1.72. The molecular weight excluding hydrogens is 224 g/mol. The van der Waals surface area contributed by atoms with Crippen LogP contribution in [0.1, 0.15) is 25.3 Å². The van der Waals surface area contributed by atoms with Gasteiger partial charge >= 0.3 is 0 Å². The van der Waals surface area contributed by atoms with Crippen LogP contribution in [0.3, 0.4) is 0 Å². The van der Waals surface area contributed by atoms with Gasteiger partial charge in [0.25, 0.3) is 0 Å². The van der Waals surface area contributed by atoms with E-state index >= 15 is 0 Å². The van der Waals surface area contributed by atoms with E-state index in [2.05, 4.69) is 29.3 Å². The van der Waals surface area contributed by atoms with Crippen LogP contribution in [0.2, 0.25) is 0 Å². The van der Waals surface area contributed by atoms with Gasteiger partial charge in [-0.1, -0.05) is 12.1 Å². The van der Waals surface area contributed by atoms with E-state index in [1.54, 1.807) is 7.11 Å². The summed E-state index contributed by atoms with van der Waals surface area (Å²) >= 11 is 0. The maximum atomic E-state index is 5.16. The molecule has 1 aliphatic heterocycles. The average Bonchev–Trinajstić information content (AvgIpc) is 2.90. The van der Waals surface area contributed by atoms with Crippen molar-refractivity contribution in [2.75, 3.05) is 26.7 Å². The van der Waals surface area contributed by atoms with Crippen molar-refractivity contribution in [3.05, 3.63) is 29.8 Å². The fourth-order valence-electron chi connectivity index (χ4n) is 2.45. The van der Waals surface area contributed by atoms with Crippen molar-refractivity contribution in [3.8, 4) is 5.75 Å². The zero-order valence-electron chi connectivity index (χ0n) is 11.5. The molecule has 0 saturated carbocycles. The van der Waals surface area contributed by atoms with Crippen molar-refractivity contribution < 1.29 is 4.74 Å². The van der Waals surface area contributed by atoms with E-state index in [1.807, 2.05) is 12.1 Å². The first-order chi connectivity index (χ1) is 8.78. The smallest absolute Gasteiger partial charge is 0.118 e. The Kier molecular flexibility index (Phi) is 5.02. The van der Waals surface area contributed by atoms with Gasteiger partial charge in [-0.15, -0.1) is 0 Å². The largest absolute Gasteiger partial charge is 0.497 e. The van der Waals surface area contributed by atoms with Crippen LogP contribution in [-0.2, 0) is 6.54 Å². The number of likely N-dealkylation sites (tertiary alicyclic amines) is 1. The molecule has 1 aromatic rings. The van der Waals surface area contributed by atoms with E-state index in [1.165, 1.54) is 31.5 Å². The molecule has 0 amide bonds. The van der Waals surface area contributed by atoms with E-state index in [4.69, 9.17) is 4.74 Å². The SMILES string of the molecule is COc1ccc(CNC(C)CN2CCCC2)cc1. The van der Waals surface area contributed by atoms with Gasteiger partial charge in [0.1, 0.15) is 5.75 Å². The second-order valence-corrected chi connectivity index (χ2v) is 5.14. The van der Waals surface area contributed by atoms with E-state index in [0.29, 0.717) is 6.04 Å². The Morgan fingerprint density at radius 2 is 1.89 bits per heavy atom. The minimum Gasteiger partial charge on any atom is -0.497 e. The van der Waals surface area contributed by atoms with Gasteiger partial charge in [-0.3, -0.25) is 0 Å². The highest BCUT2D eigenvalue weighted by atomic mass is 16.5. The van der Waals surface area contributed by atoms with Crippen molar-refractivity contribution in [2.24, 2.45) is 0 Å². The minimum absolute atomic E-state index is 0.546. The van der Waals surface area contributed by atoms with Gasteiger partial charge in [-0.2, -0.15) is 0 Å². The summed E-state index contributed by atoms with van der Waals surface area (Å²) in [5.74, 6) is 0.920. The van der Waals surface area contributed by atoms with Crippen LogP contribution in [0.25, 0.3) is 0 Å². The van der Waals surface area contributed by atoms with Gasteiger partial charge < -0.3 is 15.0 Å². The van der Waals surface area contributed by atoms with Crippen LogP contribution in [0, 0.1) is 0 Å². The van der Waals surface area contributed by atoms with Crippen molar-refractivity contribution in [1.82, 2.24) is 10.2 Å². The molecular formula is C15H24N2O. The maximum Gasteiger partial charge on any atom is 0.118 e. The zero-order chi connectivity index (χ0) is 12.8. The predicted octanol–water partition coefficient (Wildman–Crippen LogP) is 2.27. The standard InChI is InChI=1S/C15H24N2O/c1-13(12-17-9-3-4-10-17)16-11-14-5-7-15(18-2)8-6-14/h5-8,13,16H,3-4,9-12H2,1-2H3. The first kappa shape index (κ1) is 13.4. The second-order valence-electron chi connectivity index (χ2n) is 5.14. The van der Waals surface area contributed by atoms with Crippen LogP contribution in [0.4, 0.5) is 0 Å². The number of hydrogen-bond acceptors (Lipinski definition) is 3. The normalized spacial score (nSPS) is 17.9. The number of rotatable bonds is 6. The Hall–Kier alpha value is -1.06. The molecule has 1 atom stereocenters. The molecule has 1 saturated heterocycles. The predicted molar refractivity (Wildman–Crippen MR) is 75.0 cm³/mol. The maximum absolute atomic E-state index is 5.16. The van der Waals surface area contributed by atoms with Crippen molar-refractivity contribution >= 4 is 0 Å². The molecule has 0 aromatic heterocycles. The molecule has 18 heavy (non-hydrogen) atoms. The van der Waals surface area contributed by atoms with Crippen molar-refractivity contribution in [2.45, 2.75) is 32.4 Å². The lowest BCUT2D eigenvalue weighted by Crippen LogP contribution is -2.37. The number of benzene rings is 1. The molecule has 1 aliphatic rings. The van der Waals surface area contributed by atoms with Gasteiger partial charge in [0.15, 0.2) is 0 Å². The monoisotopic (exact) mass is 248 g/mol. The van der Waals surface area contributed by atoms with Crippen LogP contribution in [-0.4, -0.2) is 37.7 Å². The third-order valence-corrected chi connectivity index (χ3v) is 3.54. The molecule has 3 nitrogen and oxygen atoms in total. The summed E-state index contributed by atoms with van der Waals surface area (Å²) < 4.78 is 5.16. The van der Waals surface area contributed by atoms with Gasteiger partial charge in [0.05, 0.1) is 7.11 Å². The molecule has 2 rings (SSSR count). The molecule has 1 unspecified atom stereocenters. The lowest BCUT2D eigenvalue weighted by molar-refractivity contribution is 0.298. The van der Waals surface area contributed by atoms with E-state index in [0.717, 1.165) is 18.8 Å². The highest BCUT2D eigenvalue weighted by Gasteiger charge is 2.13. The Morgan fingerprint density at radius 1 is 1.22 bits per heavy atom. The lowest BCUT2D eigenvalue weighted by atomic mass is 10.2. The van der Waals surface area contributed by atoms with Gasteiger partial charge in [0.2, 0.25) is 0 Å². The molecule has 1 aromatic carbocycles. The molecule has 100 valence electrons. The van der Waals surface area contributed by atoms with Crippen LogP contribution in [0.5, 0.6) is 5.75 Å². The lowest BCUT2D eigenvalue weighted by Gasteiger charge is -2.21. The first-order valence-corrected chi connectivity index (χ1v) is 6.86. The first-order valence-electron chi connectivity index (χ1n) is 6.86. The quantitative estimate of drug-likeness (QED) is 0.836. The third-order valence-electron chi connectivity index (χ3n) is 3.54. The van der Waals surface area contributed by atoms with Crippen LogP contribution < -0.4 is 10.1 Å². The zero-order valence-corrected chi connectivity index (χ0v) is 11.5. The van der Waals surface area contributed by atoms with E-state index < -0.39 is 0 Å². The molecule has 0 aliphatic carbocycles. The van der Waals surface area contributed by atoms with Crippen LogP contribution >= 0.6 is 0 Å². The van der Waals surface area contributed by atoms with E-state index in [9.17, 15) is 0 Å². The Labute approximate surface area is 110 Å². The third kappa shape index (κ3) is 4.00. The number of ether oxygens (including phenoxy) is 1. The van der Waals surface area contributed by atoms with Gasteiger partial charge in [-0.05, 0) is 50.6 Å². The molecule has 0 radical (unpaired) electrons. The Bertz CT molecular complexity index is 344. The second kappa shape index (κ2) is 6.76.